The summed E-state index contributed by atoms with van der Waals surface area (Å²) in [5.74, 6) is -0.751. The van der Waals surface area contributed by atoms with E-state index in [0.717, 1.165) is 24.8 Å². The third-order valence-electron chi connectivity index (χ3n) is 2.81. The van der Waals surface area contributed by atoms with Gasteiger partial charge in [-0.05, 0) is 30.5 Å². The smallest absolute Gasteiger partial charge is 0.315 e. The highest BCUT2D eigenvalue weighted by atomic mass is 16.4. The molecule has 0 bridgehead atoms. The maximum atomic E-state index is 11.5. The summed E-state index contributed by atoms with van der Waals surface area (Å²) in [7, 11) is 0. The lowest BCUT2D eigenvalue weighted by Crippen LogP contribution is -2.35. The predicted octanol–water partition coefficient (Wildman–Crippen LogP) is 1.92. The normalized spacial score (nSPS) is 10.0. The van der Waals surface area contributed by atoms with Gasteiger partial charge in [0, 0.05) is 31.9 Å². The van der Waals surface area contributed by atoms with Crippen LogP contribution in [-0.2, 0) is 11.3 Å². The quantitative estimate of drug-likeness (QED) is 0.602. The Morgan fingerprint density at radius 3 is 2.45 bits per heavy atom. The first-order chi connectivity index (χ1) is 9.68. The Balaban J connectivity index is 1.96. The monoisotopic (exact) mass is 279 g/mol. The molecule has 0 aliphatic heterocycles. The van der Waals surface area contributed by atoms with Crippen molar-refractivity contribution in [2.45, 2.75) is 38.6 Å². The Labute approximate surface area is 118 Å². The molecule has 3 N–H and O–H groups in total. The van der Waals surface area contributed by atoms with Crippen LogP contribution in [0, 0.1) is 0 Å². The SMILES string of the molecule is O=C(O)CCCCCCNC(=O)NCc1ccncc1. The molecule has 0 saturated heterocycles. The fourth-order valence-electron chi connectivity index (χ4n) is 1.70. The lowest BCUT2D eigenvalue weighted by molar-refractivity contribution is -0.137. The molecule has 1 heterocycles. The summed E-state index contributed by atoms with van der Waals surface area (Å²) < 4.78 is 0. The minimum absolute atomic E-state index is 0.188. The Hall–Kier alpha value is -2.11. The molecule has 0 saturated carbocycles. The van der Waals surface area contributed by atoms with Gasteiger partial charge in [-0.3, -0.25) is 9.78 Å². The Kier molecular flexibility index (Phi) is 7.79. The van der Waals surface area contributed by atoms with E-state index in [0.29, 0.717) is 19.5 Å². The number of carboxylic acids is 1. The van der Waals surface area contributed by atoms with Crippen LogP contribution in [0.4, 0.5) is 4.79 Å². The van der Waals surface area contributed by atoms with Gasteiger partial charge in [0.25, 0.3) is 0 Å². The van der Waals surface area contributed by atoms with Crippen LogP contribution in [0.1, 0.15) is 37.7 Å². The van der Waals surface area contributed by atoms with Crippen molar-refractivity contribution >= 4 is 12.0 Å². The summed E-state index contributed by atoms with van der Waals surface area (Å²) >= 11 is 0. The molecular weight excluding hydrogens is 258 g/mol. The zero-order valence-corrected chi connectivity index (χ0v) is 11.5. The number of urea groups is 1. The number of hydrogen-bond acceptors (Lipinski definition) is 3. The van der Waals surface area contributed by atoms with Crippen LogP contribution in [0.3, 0.4) is 0 Å². The zero-order valence-electron chi connectivity index (χ0n) is 11.5. The van der Waals surface area contributed by atoms with Crippen LogP contribution in [0.5, 0.6) is 0 Å². The third kappa shape index (κ3) is 8.07. The van der Waals surface area contributed by atoms with Gasteiger partial charge < -0.3 is 15.7 Å². The summed E-state index contributed by atoms with van der Waals surface area (Å²) in [6.07, 6.45) is 6.97. The summed E-state index contributed by atoms with van der Waals surface area (Å²) in [5.41, 5.74) is 1.00. The molecule has 2 amide bonds. The van der Waals surface area contributed by atoms with Gasteiger partial charge in [0.15, 0.2) is 0 Å². The van der Waals surface area contributed by atoms with Crippen molar-refractivity contribution < 1.29 is 14.7 Å². The largest absolute Gasteiger partial charge is 0.481 e. The highest BCUT2D eigenvalue weighted by Gasteiger charge is 2.00. The van der Waals surface area contributed by atoms with Crippen molar-refractivity contribution in [2.24, 2.45) is 0 Å². The van der Waals surface area contributed by atoms with Crippen molar-refractivity contribution in [1.29, 1.82) is 0 Å². The molecule has 0 radical (unpaired) electrons. The molecule has 0 aromatic carbocycles. The molecule has 0 unspecified atom stereocenters. The molecule has 0 aliphatic carbocycles. The number of aromatic nitrogens is 1. The molecule has 6 heteroatoms. The van der Waals surface area contributed by atoms with Gasteiger partial charge in [0.1, 0.15) is 0 Å². The second kappa shape index (κ2) is 9.77. The van der Waals surface area contributed by atoms with Crippen molar-refractivity contribution in [2.75, 3.05) is 6.54 Å². The van der Waals surface area contributed by atoms with Gasteiger partial charge >= 0.3 is 12.0 Å². The average molecular weight is 279 g/mol. The molecule has 0 aliphatic rings. The number of unbranched alkanes of at least 4 members (excludes halogenated alkanes) is 3. The van der Waals surface area contributed by atoms with Crippen molar-refractivity contribution in [3.8, 4) is 0 Å². The average Bonchev–Trinajstić information content (AvgIpc) is 2.45. The number of carbonyl (C=O) groups excluding carboxylic acids is 1. The van der Waals surface area contributed by atoms with E-state index in [4.69, 9.17) is 5.11 Å². The van der Waals surface area contributed by atoms with Crippen LogP contribution in [0.25, 0.3) is 0 Å². The van der Waals surface area contributed by atoms with E-state index in [1.54, 1.807) is 12.4 Å². The molecule has 0 fully saturated rings. The number of nitrogens with one attached hydrogen (secondary N) is 2. The second-order valence-corrected chi connectivity index (χ2v) is 4.52. The van der Waals surface area contributed by atoms with Gasteiger partial charge in [-0.15, -0.1) is 0 Å². The minimum Gasteiger partial charge on any atom is -0.481 e. The van der Waals surface area contributed by atoms with E-state index in [2.05, 4.69) is 15.6 Å². The van der Waals surface area contributed by atoms with Gasteiger partial charge in [-0.1, -0.05) is 12.8 Å². The highest BCUT2D eigenvalue weighted by molar-refractivity contribution is 5.73. The van der Waals surface area contributed by atoms with E-state index in [-0.39, 0.29) is 12.5 Å². The van der Waals surface area contributed by atoms with Crippen molar-refractivity contribution in [3.05, 3.63) is 30.1 Å². The third-order valence-corrected chi connectivity index (χ3v) is 2.81. The van der Waals surface area contributed by atoms with Crippen LogP contribution >= 0.6 is 0 Å². The Bertz CT molecular complexity index is 409. The van der Waals surface area contributed by atoms with Crippen LogP contribution in [0.15, 0.2) is 24.5 Å². The van der Waals surface area contributed by atoms with Crippen molar-refractivity contribution in [3.63, 3.8) is 0 Å². The predicted molar refractivity (Wildman–Crippen MR) is 75.2 cm³/mol. The molecule has 6 nitrogen and oxygen atoms in total. The van der Waals surface area contributed by atoms with E-state index in [9.17, 15) is 9.59 Å². The minimum atomic E-state index is -0.751. The first kappa shape index (κ1) is 15.9. The van der Waals surface area contributed by atoms with Gasteiger partial charge in [0.05, 0.1) is 0 Å². The second-order valence-electron chi connectivity index (χ2n) is 4.52. The summed E-state index contributed by atoms with van der Waals surface area (Å²) in [6, 6.07) is 3.51. The molecule has 1 aromatic rings. The molecule has 20 heavy (non-hydrogen) atoms. The van der Waals surface area contributed by atoms with Gasteiger partial charge in [0.2, 0.25) is 0 Å². The lowest BCUT2D eigenvalue weighted by atomic mass is 10.1. The Morgan fingerprint density at radius 1 is 1.05 bits per heavy atom. The van der Waals surface area contributed by atoms with E-state index < -0.39 is 5.97 Å². The standard InChI is InChI=1S/C14H21N3O3/c18-13(19)5-3-1-2-4-8-16-14(20)17-11-12-6-9-15-10-7-12/h6-7,9-10H,1-5,8,11H2,(H,18,19)(H2,16,17,20). The number of pyridine rings is 1. The number of aliphatic carboxylic acids is 1. The molecule has 1 aromatic heterocycles. The lowest BCUT2D eigenvalue weighted by Gasteiger charge is -2.07. The summed E-state index contributed by atoms with van der Waals surface area (Å²) in [6.45, 7) is 1.09. The number of carboxylic acid groups (broad SMARTS) is 1. The number of hydrogen-bond donors (Lipinski definition) is 3. The van der Waals surface area contributed by atoms with Crippen LogP contribution in [-0.4, -0.2) is 28.6 Å². The molecule has 110 valence electrons. The van der Waals surface area contributed by atoms with Crippen molar-refractivity contribution in [1.82, 2.24) is 15.6 Å². The first-order valence-electron chi connectivity index (χ1n) is 6.81. The summed E-state index contributed by atoms with van der Waals surface area (Å²) in [4.78, 5) is 25.7. The van der Waals surface area contributed by atoms with E-state index >= 15 is 0 Å². The summed E-state index contributed by atoms with van der Waals surface area (Å²) in [5, 5.41) is 14.0. The maximum Gasteiger partial charge on any atom is 0.315 e. The van der Waals surface area contributed by atoms with Crippen LogP contribution in [0.2, 0.25) is 0 Å². The fraction of sp³-hybridized carbons (Fsp3) is 0.500. The zero-order chi connectivity index (χ0) is 14.6. The number of amides is 2. The highest BCUT2D eigenvalue weighted by Crippen LogP contribution is 2.02. The molecular formula is C14H21N3O3. The number of rotatable bonds is 9. The van der Waals surface area contributed by atoms with Gasteiger partial charge in [-0.25, -0.2) is 4.79 Å². The van der Waals surface area contributed by atoms with Crippen LogP contribution < -0.4 is 10.6 Å². The topological polar surface area (TPSA) is 91.3 Å². The molecule has 0 spiro atoms. The first-order valence-corrected chi connectivity index (χ1v) is 6.81. The Morgan fingerprint density at radius 2 is 1.75 bits per heavy atom. The van der Waals surface area contributed by atoms with E-state index in [1.165, 1.54) is 0 Å². The molecule has 0 atom stereocenters. The number of nitrogens with zero attached hydrogens (tertiary/aromatic N) is 1. The molecule has 1 rings (SSSR count). The van der Waals surface area contributed by atoms with E-state index in [1.807, 2.05) is 12.1 Å². The maximum absolute atomic E-state index is 11.5. The fourth-order valence-corrected chi connectivity index (χ4v) is 1.70. The van der Waals surface area contributed by atoms with Gasteiger partial charge in [-0.2, -0.15) is 0 Å². The number of carbonyl (C=O) groups is 2.